The third-order valence-corrected chi connectivity index (χ3v) is 5.58. The van der Waals surface area contributed by atoms with Gasteiger partial charge >= 0.3 is 0 Å². The van der Waals surface area contributed by atoms with E-state index in [1.807, 2.05) is 28.6 Å². The maximum absolute atomic E-state index is 12.4. The lowest BCUT2D eigenvalue weighted by Gasteiger charge is -2.36. The van der Waals surface area contributed by atoms with Crippen molar-refractivity contribution in [3.63, 3.8) is 0 Å². The van der Waals surface area contributed by atoms with Gasteiger partial charge in [-0.25, -0.2) is 0 Å². The van der Waals surface area contributed by atoms with E-state index in [0.717, 1.165) is 55.7 Å². The van der Waals surface area contributed by atoms with E-state index in [4.69, 9.17) is 0 Å². The predicted molar refractivity (Wildman–Crippen MR) is 95.9 cm³/mol. The topological polar surface area (TPSA) is 52.6 Å². The molecule has 4 rings (SSSR count). The highest BCUT2D eigenvalue weighted by Crippen LogP contribution is 2.23. The molecular weight excluding hydrogens is 322 g/mol. The molecule has 126 valence electrons. The Bertz CT molecular complexity index is 691. The highest BCUT2D eigenvalue weighted by atomic mass is 32.1. The summed E-state index contributed by atoms with van der Waals surface area (Å²) in [5.74, 6) is 1.12. The number of piperazine rings is 1. The number of amides is 1. The van der Waals surface area contributed by atoms with Gasteiger partial charge in [0, 0.05) is 45.3 Å². The molecule has 2 aliphatic heterocycles. The molecule has 4 heterocycles. The van der Waals surface area contributed by atoms with Crippen molar-refractivity contribution < 1.29 is 4.79 Å². The molecule has 2 saturated heterocycles. The van der Waals surface area contributed by atoms with Crippen LogP contribution < -0.4 is 9.80 Å². The van der Waals surface area contributed by atoms with Gasteiger partial charge in [0.15, 0.2) is 5.82 Å². The van der Waals surface area contributed by atoms with Crippen LogP contribution in [0.5, 0.6) is 0 Å². The molecule has 7 heteroatoms. The SMILES string of the molecule is O=C(c1cccs1)N1CCN(c2cnnc(N3CCCC3)c2)CC1. The second-order valence-corrected chi connectivity index (χ2v) is 7.17. The molecule has 0 unspecified atom stereocenters. The number of carbonyl (C=O) groups excluding carboxylic acids is 1. The lowest BCUT2D eigenvalue weighted by atomic mass is 10.2. The average Bonchev–Trinajstić information content (AvgIpc) is 3.35. The van der Waals surface area contributed by atoms with E-state index < -0.39 is 0 Å². The molecule has 1 amide bonds. The van der Waals surface area contributed by atoms with Gasteiger partial charge in [0.1, 0.15) is 0 Å². The van der Waals surface area contributed by atoms with E-state index in [-0.39, 0.29) is 5.91 Å². The summed E-state index contributed by atoms with van der Waals surface area (Å²) in [6, 6.07) is 5.96. The van der Waals surface area contributed by atoms with E-state index in [1.165, 1.54) is 24.2 Å². The van der Waals surface area contributed by atoms with Gasteiger partial charge in [0.25, 0.3) is 5.91 Å². The fraction of sp³-hybridized carbons (Fsp3) is 0.471. The molecule has 2 aromatic heterocycles. The molecule has 6 nitrogen and oxygen atoms in total. The van der Waals surface area contributed by atoms with Crippen molar-refractivity contribution in [1.82, 2.24) is 15.1 Å². The van der Waals surface area contributed by atoms with Gasteiger partial charge in [-0.3, -0.25) is 4.79 Å². The van der Waals surface area contributed by atoms with Crippen LogP contribution in [-0.2, 0) is 0 Å². The summed E-state index contributed by atoms with van der Waals surface area (Å²) >= 11 is 1.51. The Labute approximate surface area is 145 Å². The van der Waals surface area contributed by atoms with Crippen molar-refractivity contribution in [2.45, 2.75) is 12.8 Å². The summed E-state index contributed by atoms with van der Waals surface area (Å²) in [5, 5.41) is 10.4. The Morgan fingerprint density at radius 2 is 1.83 bits per heavy atom. The van der Waals surface area contributed by atoms with Crippen molar-refractivity contribution in [2.24, 2.45) is 0 Å². The maximum atomic E-state index is 12.4. The summed E-state index contributed by atoms with van der Waals surface area (Å²) in [5.41, 5.74) is 1.11. The van der Waals surface area contributed by atoms with Crippen molar-refractivity contribution in [3.05, 3.63) is 34.7 Å². The number of carbonyl (C=O) groups is 1. The number of anilines is 2. The molecule has 0 aromatic carbocycles. The van der Waals surface area contributed by atoms with Gasteiger partial charge in [-0.1, -0.05) is 6.07 Å². The first kappa shape index (κ1) is 15.4. The van der Waals surface area contributed by atoms with Crippen LogP contribution in [0.1, 0.15) is 22.5 Å². The normalized spacial score (nSPS) is 18.2. The fourth-order valence-corrected chi connectivity index (χ4v) is 4.03. The van der Waals surface area contributed by atoms with Crippen molar-refractivity contribution in [1.29, 1.82) is 0 Å². The molecular formula is C17H21N5OS. The first-order chi connectivity index (χ1) is 11.8. The lowest BCUT2D eigenvalue weighted by Crippen LogP contribution is -2.48. The molecule has 0 atom stereocenters. The Morgan fingerprint density at radius 1 is 1.04 bits per heavy atom. The van der Waals surface area contributed by atoms with Crippen LogP contribution in [0.25, 0.3) is 0 Å². The van der Waals surface area contributed by atoms with Crippen LogP contribution in [-0.4, -0.2) is 60.3 Å². The van der Waals surface area contributed by atoms with E-state index in [9.17, 15) is 4.79 Å². The van der Waals surface area contributed by atoms with Crippen LogP contribution in [0.2, 0.25) is 0 Å². The molecule has 0 spiro atoms. The van der Waals surface area contributed by atoms with Crippen molar-refractivity contribution >= 4 is 28.7 Å². The van der Waals surface area contributed by atoms with E-state index >= 15 is 0 Å². The standard InChI is InChI=1S/C17H21N5OS/c23-17(15-4-3-11-24-15)22-9-7-20(8-10-22)14-12-16(19-18-13-14)21-5-1-2-6-21/h3-4,11-13H,1-2,5-10H2. The highest BCUT2D eigenvalue weighted by molar-refractivity contribution is 7.12. The minimum atomic E-state index is 0.148. The van der Waals surface area contributed by atoms with E-state index in [0.29, 0.717) is 0 Å². The number of rotatable bonds is 3. The van der Waals surface area contributed by atoms with Crippen LogP contribution >= 0.6 is 11.3 Å². The summed E-state index contributed by atoms with van der Waals surface area (Å²) in [6.07, 6.45) is 4.29. The first-order valence-electron chi connectivity index (χ1n) is 8.47. The minimum absolute atomic E-state index is 0.148. The number of thiophene rings is 1. The summed E-state index contributed by atoms with van der Waals surface area (Å²) in [6.45, 7) is 5.31. The van der Waals surface area contributed by atoms with Gasteiger partial charge in [-0.05, 0) is 24.3 Å². The molecule has 0 bridgehead atoms. The molecule has 2 aromatic rings. The van der Waals surface area contributed by atoms with Gasteiger partial charge in [-0.2, -0.15) is 5.10 Å². The van der Waals surface area contributed by atoms with Gasteiger partial charge in [0.05, 0.1) is 16.8 Å². The number of hydrogen-bond donors (Lipinski definition) is 0. The van der Waals surface area contributed by atoms with Crippen LogP contribution in [0, 0.1) is 0 Å². The average molecular weight is 343 g/mol. The second-order valence-electron chi connectivity index (χ2n) is 6.22. The van der Waals surface area contributed by atoms with Gasteiger partial charge < -0.3 is 14.7 Å². The monoisotopic (exact) mass is 343 g/mol. The third kappa shape index (κ3) is 3.08. The van der Waals surface area contributed by atoms with Gasteiger partial charge in [-0.15, -0.1) is 16.4 Å². The Hall–Kier alpha value is -2.15. The quantitative estimate of drug-likeness (QED) is 0.854. The minimum Gasteiger partial charge on any atom is -0.367 e. The van der Waals surface area contributed by atoms with Crippen LogP contribution in [0.3, 0.4) is 0 Å². The molecule has 2 aliphatic rings. The molecule has 2 fully saturated rings. The zero-order chi connectivity index (χ0) is 16.4. The van der Waals surface area contributed by atoms with Crippen LogP contribution in [0.4, 0.5) is 11.5 Å². The van der Waals surface area contributed by atoms with Crippen LogP contribution in [0.15, 0.2) is 29.8 Å². The number of nitrogens with zero attached hydrogens (tertiary/aromatic N) is 5. The Morgan fingerprint density at radius 3 is 2.54 bits per heavy atom. The molecule has 24 heavy (non-hydrogen) atoms. The number of hydrogen-bond acceptors (Lipinski definition) is 6. The van der Waals surface area contributed by atoms with E-state index in [2.05, 4.69) is 26.1 Å². The summed E-state index contributed by atoms with van der Waals surface area (Å²) in [4.78, 5) is 19.8. The fourth-order valence-electron chi connectivity index (χ4n) is 3.34. The third-order valence-electron chi connectivity index (χ3n) is 4.72. The zero-order valence-corrected chi connectivity index (χ0v) is 14.4. The smallest absolute Gasteiger partial charge is 0.264 e. The first-order valence-corrected chi connectivity index (χ1v) is 9.34. The predicted octanol–water partition coefficient (Wildman–Crippen LogP) is 2.10. The molecule has 0 aliphatic carbocycles. The summed E-state index contributed by atoms with van der Waals surface area (Å²) < 4.78 is 0. The second kappa shape index (κ2) is 6.76. The van der Waals surface area contributed by atoms with Gasteiger partial charge in [0.2, 0.25) is 0 Å². The molecule has 0 radical (unpaired) electrons. The van der Waals surface area contributed by atoms with Crippen molar-refractivity contribution in [2.75, 3.05) is 49.1 Å². The van der Waals surface area contributed by atoms with Crippen molar-refractivity contribution in [3.8, 4) is 0 Å². The largest absolute Gasteiger partial charge is 0.367 e. The lowest BCUT2D eigenvalue weighted by molar-refractivity contribution is 0.0751. The Kier molecular flexibility index (Phi) is 4.34. The maximum Gasteiger partial charge on any atom is 0.264 e. The molecule has 0 N–H and O–H groups in total. The molecule has 0 saturated carbocycles. The number of aromatic nitrogens is 2. The highest BCUT2D eigenvalue weighted by Gasteiger charge is 2.24. The Balaban J connectivity index is 1.40. The van der Waals surface area contributed by atoms with E-state index in [1.54, 1.807) is 0 Å². The zero-order valence-electron chi connectivity index (χ0n) is 13.6. The summed E-state index contributed by atoms with van der Waals surface area (Å²) in [7, 11) is 0.